The van der Waals surface area contributed by atoms with Crippen LogP contribution in [0.2, 0.25) is 5.02 Å². The molecule has 1 aliphatic carbocycles. The average Bonchev–Trinajstić information content (AvgIpc) is 2.91. The molecule has 3 nitrogen and oxygen atoms in total. The Morgan fingerprint density at radius 1 is 1.25 bits per heavy atom. The van der Waals surface area contributed by atoms with Crippen molar-refractivity contribution in [1.29, 1.82) is 0 Å². The van der Waals surface area contributed by atoms with E-state index < -0.39 is 0 Å². The Hall–Kier alpha value is -1.55. The first-order valence-corrected chi connectivity index (χ1v) is 7.37. The Balaban J connectivity index is 1.82. The van der Waals surface area contributed by atoms with Crippen molar-refractivity contribution in [2.24, 2.45) is 0 Å². The molecule has 0 spiro atoms. The topological polar surface area (TPSA) is 29.9 Å². The van der Waals surface area contributed by atoms with E-state index >= 15 is 0 Å². The maximum atomic E-state index is 13.1. The maximum Gasteiger partial charge on any atom is 0.207 e. The molecule has 2 aromatic rings. The zero-order valence-corrected chi connectivity index (χ0v) is 11.9. The van der Waals surface area contributed by atoms with Gasteiger partial charge in [0.1, 0.15) is 5.82 Å². The number of anilines is 2. The molecule has 0 saturated heterocycles. The predicted octanol–water partition coefficient (Wildman–Crippen LogP) is 4.92. The van der Waals surface area contributed by atoms with Crippen LogP contribution in [0.25, 0.3) is 0 Å². The zero-order chi connectivity index (χ0) is 13.9. The summed E-state index contributed by atoms with van der Waals surface area (Å²) < 4.78 is 15.2. The largest absolute Gasteiger partial charge is 0.324 e. The minimum Gasteiger partial charge on any atom is -0.324 e. The molecule has 20 heavy (non-hydrogen) atoms. The van der Waals surface area contributed by atoms with Gasteiger partial charge in [0.15, 0.2) is 0 Å². The first kappa shape index (κ1) is 13.4. The van der Waals surface area contributed by atoms with E-state index in [1.807, 2.05) is 6.20 Å². The van der Waals surface area contributed by atoms with Gasteiger partial charge < -0.3 is 9.88 Å². The van der Waals surface area contributed by atoms with Gasteiger partial charge in [0, 0.05) is 18.4 Å². The van der Waals surface area contributed by atoms with Crippen LogP contribution in [0.1, 0.15) is 38.1 Å². The fourth-order valence-electron chi connectivity index (χ4n) is 2.78. The van der Waals surface area contributed by atoms with Gasteiger partial charge in [-0.3, -0.25) is 0 Å². The number of hydrogen-bond acceptors (Lipinski definition) is 2. The van der Waals surface area contributed by atoms with E-state index in [1.54, 1.807) is 12.3 Å². The van der Waals surface area contributed by atoms with Crippen LogP contribution in [0.3, 0.4) is 0 Å². The van der Waals surface area contributed by atoms with E-state index in [9.17, 15) is 4.39 Å². The van der Waals surface area contributed by atoms with Crippen LogP contribution >= 0.6 is 11.6 Å². The molecule has 1 aromatic heterocycles. The summed E-state index contributed by atoms with van der Waals surface area (Å²) in [6, 6.07) is 4.82. The van der Waals surface area contributed by atoms with E-state index in [0.717, 1.165) is 5.95 Å². The molecule has 1 fully saturated rings. The SMILES string of the molecule is Fc1ccc(Nc2nccn2C2CCCCC2)c(Cl)c1. The minimum atomic E-state index is -0.337. The van der Waals surface area contributed by atoms with Crippen molar-refractivity contribution in [2.45, 2.75) is 38.1 Å². The van der Waals surface area contributed by atoms with Crippen LogP contribution in [0, 0.1) is 5.82 Å². The highest BCUT2D eigenvalue weighted by Crippen LogP contribution is 2.32. The quantitative estimate of drug-likeness (QED) is 0.870. The molecule has 3 rings (SSSR count). The van der Waals surface area contributed by atoms with Crippen LogP contribution in [0.4, 0.5) is 16.0 Å². The highest BCUT2D eigenvalue weighted by atomic mass is 35.5. The molecule has 1 aliphatic rings. The van der Waals surface area contributed by atoms with Gasteiger partial charge in [0.25, 0.3) is 0 Å². The second-order valence-corrected chi connectivity index (χ2v) is 5.61. The number of imidazole rings is 1. The molecule has 5 heteroatoms. The third kappa shape index (κ3) is 2.80. The third-order valence-corrected chi connectivity index (χ3v) is 4.13. The molecule has 0 amide bonds. The first-order valence-electron chi connectivity index (χ1n) is 6.99. The smallest absolute Gasteiger partial charge is 0.207 e. The van der Waals surface area contributed by atoms with Crippen LogP contribution in [-0.2, 0) is 0 Å². The molecule has 0 bridgehead atoms. The monoisotopic (exact) mass is 293 g/mol. The second kappa shape index (κ2) is 5.83. The summed E-state index contributed by atoms with van der Waals surface area (Å²) in [5, 5.41) is 3.56. The molecule has 1 aromatic carbocycles. The molecular weight excluding hydrogens is 277 g/mol. The Morgan fingerprint density at radius 2 is 2.05 bits per heavy atom. The standard InChI is InChI=1S/C15H17ClFN3/c16-13-10-11(17)6-7-14(13)19-15-18-8-9-20(15)12-4-2-1-3-5-12/h6-10,12H,1-5H2,(H,18,19). The van der Waals surface area contributed by atoms with Crippen molar-refractivity contribution in [3.05, 3.63) is 41.4 Å². The number of rotatable bonds is 3. The van der Waals surface area contributed by atoms with Crippen LogP contribution in [-0.4, -0.2) is 9.55 Å². The Morgan fingerprint density at radius 3 is 2.80 bits per heavy atom. The lowest BCUT2D eigenvalue weighted by Crippen LogP contribution is -2.14. The lowest BCUT2D eigenvalue weighted by molar-refractivity contribution is 0.356. The van der Waals surface area contributed by atoms with E-state index in [0.29, 0.717) is 16.8 Å². The molecule has 1 saturated carbocycles. The van der Waals surface area contributed by atoms with E-state index in [4.69, 9.17) is 11.6 Å². The van der Waals surface area contributed by atoms with Crippen molar-refractivity contribution in [2.75, 3.05) is 5.32 Å². The van der Waals surface area contributed by atoms with Crippen LogP contribution in [0.15, 0.2) is 30.6 Å². The number of aromatic nitrogens is 2. The second-order valence-electron chi connectivity index (χ2n) is 5.20. The lowest BCUT2D eigenvalue weighted by atomic mass is 9.95. The Bertz CT molecular complexity index is 591. The van der Waals surface area contributed by atoms with E-state index in [1.165, 1.54) is 44.2 Å². The van der Waals surface area contributed by atoms with Gasteiger partial charge in [-0.1, -0.05) is 30.9 Å². The first-order chi connectivity index (χ1) is 9.74. The molecule has 1 N–H and O–H groups in total. The molecule has 106 valence electrons. The minimum absolute atomic E-state index is 0.337. The van der Waals surface area contributed by atoms with Crippen molar-refractivity contribution in [3.8, 4) is 0 Å². The number of hydrogen-bond donors (Lipinski definition) is 1. The summed E-state index contributed by atoms with van der Waals surface area (Å²) >= 11 is 6.05. The fraction of sp³-hybridized carbons (Fsp3) is 0.400. The van der Waals surface area contributed by atoms with Gasteiger partial charge in [0.2, 0.25) is 5.95 Å². The Kier molecular flexibility index (Phi) is 3.92. The summed E-state index contributed by atoms with van der Waals surface area (Å²) in [5.74, 6) is 0.432. The van der Waals surface area contributed by atoms with Gasteiger partial charge >= 0.3 is 0 Å². The van der Waals surface area contributed by atoms with Gasteiger partial charge in [-0.25, -0.2) is 9.37 Å². The van der Waals surface area contributed by atoms with Gasteiger partial charge in [0.05, 0.1) is 10.7 Å². The molecule has 0 unspecified atom stereocenters. The van der Waals surface area contributed by atoms with Gasteiger partial charge in [-0.05, 0) is 31.0 Å². The van der Waals surface area contributed by atoms with Crippen molar-refractivity contribution in [3.63, 3.8) is 0 Å². The van der Waals surface area contributed by atoms with Gasteiger partial charge in [-0.2, -0.15) is 0 Å². The highest BCUT2D eigenvalue weighted by Gasteiger charge is 2.18. The van der Waals surface area contributed by atoms with Crippen LogP contribution in [0.5, 0.6) is 0 Å². The number of nitrogens with one attached hydrogen (secondary N) is 1. The predicted molar refractivity (Wildman–Crippen MR) is 79.0 cm³/mol. The van der Waals surface area contributed by atoms with Crippen molar-refractivity contribution >= 4 is 23.2 Å². The molecule has 0 atom stereocenters. The van der Waals surface area contributed by atoms with E-state index in [-0.39, 0.29) is 5.82 Å². The average molecular weight is 294 g/mol. The number of nitrogens with zero attached hydrogens (tertiary/aromatic N) is 2. The van der Waals surface area contributed by atoms with Crippen molar-refractivity contribution in [1.82, 2.24) is 9.55 Å². The maximum absolute atomic E-state index is 13.1. The molecular formula is C15H17ClFN3. The normalized spacial score (nSPS) is 16.3. The zero-order valence-electron chi connectivity index (χ0n) is 11.1. The number of halogens is 2. The molecule has 0 radical (unpaired) electrons. The summed E-state index contributed by atoms with van der Waals surface area (Å²) in [7, 11) is 0. The lowest BCUT2D eigenvalue weighted by Gasteiger charge is -2.24. The molecule has 0 aliphatic heterocycles. The summed E-state index contributed by atoms with van der Waals surface area (Å²) in [6.45, 7) is 0. The van der Waals surface area contributed by atoms with Gasteiger partial charge in [-0.15, -0.1) is 0 Å². The fourth-order valence-corrected chi connectivity index (χ4v) is 2.99. The third-order valence-electron chi connectivity index (χ3n) is 3.81. The van der Waals surface area contributed by atoms with Crippen LogP contribution < -0.4 is 5.32 Å². The Labute approximate surface area is 122 Å². The summed E-state index contributed by atoms with van der Waals surface area (Å²) in [5.41, 5.74) is 0.677. The summed E-state index contributed by atoms with van der Waals surface area (Å²) in [6.07, 6.45) is 9.99. The summed E-state index contributed by atoms with van der Waals surface area (Å²) in [4.78, 5) is 4.35. The van der Waals surface area contributed by atoms with E-state index in [2.05, 4.69) is 14.9 Å². The molecule has 1 heterocycles. The highest BCUT2D eigenvalue weighted by molar-refractivity contribution is 6.33. The van der Waals surface area contributed by atoms with Crippen molar-refractivity contribution < 1.29 is 4.39 Å². The number of benzene rings is 1.